The van der Waals surface area contributed by atoms with Crippen molar-refractivity contribution in [2.45, 2.75) is 6.54 Å². The SMILES string of the molecule is CNCc1nc(C(=O)NC)co1. The summed E-state index contributed by atoms with van der Waals surface area (Å²) in [5.41, 5.74) is 0.308. The average molecular weight is 169 g/mol. The van der Waals surface area contributed by atoms with E-state index in [9.17, 15) is 4.79 Å². The maximum atomic E-state index is 11.0. The molecule has 0 saturated carbocycles. The van der Waals surface area contributed by atoms with Crippen molar-refractivity contribution in [1.82, 2.24) is 15.6 Å². The number of nitrogens with zero attached hydrogens (tertiary/aromatic N) is 1. The molecule has 0 aliphatic carbocycles. The van der Waals surface area contributed by atoms with Gasteiger partial charge in [0.15, 0.2) is 5.69 Å². The highest BCUT2D eigenvalue weighted by Crippen LogP contribution is 2.00. The van der Waals surface area contributed by atoms with Gasteiger partial charge in [-0.05, 0) is 7.05 Å². The highest BCUT2D eigenvalue weighted by atomic mass is 16.3. The zero-order valence-corrected chi connectivity index (χ0v) is 7.05. The van der Waals surface area contributed by atoms with E-state index in [1.165, 1.54) is 6.26 Å². The number of hydrogen-bond acceptors (Lipinski definition) is 4. The van der Waals surface area contributed by atoms with E-state index in [1.54, 1.807) is 14.1 Å². The first-order valence-corrected chi connectivity index (χ1v) is 3.59. The molecule has 0 aliphatic heterocycles. The minimum Gasteiger partial charge on any atom is -0.447 e. The number of aromatic nitrogens is 1. The molecule has 66 valence electrons. The van der Waals surface area contributed by atoms with Gasteiger partial charge in [0.05, 0.1) is 6.54 Å². The first-order chi connectivity index (χ1) is 5.77. The molecule has 0 radical (unpaired) electrons. The third-order valence-electron chi connectivity index (χ3n) is 1.34. The van der Waals surface area contributed by atoms with Crippen LogP contribution in [0.3, 0.4) is 0 Å². The van der Waals surface area contributed by atoms with E-state index in [0.717, 1.165) is 0 Å². The van der Waals surface area contributed by atoms with Gasteiger partial charge in [0.25, 0.3) is 5.91 Å². The standard InChI is InChI=1S/C7H11N3O2/c1-8-3-6-10-5(4-12-6)7(11)9-2/h4,8H,3H2,1-2H3,(H,9,11). The molecule has 1 rings (SSSR count). The normalized spacial score (nSPS) is 9.83. The highest BCUT2D eigenvalue weighted by molar-refractivity contribution is 5.91. The second-order valence-corrected chi connectivity index (χ2v) is 2.24. The van der Waals surface area contributed by atoms with E-state index in [0.29, 0.717) is 18.1 Å². The van der Waals surface area contributed by atoms with Crippen molar-refractivity contribution in [2.24, 2.45) is 0 Å². The van der Waals surface area contributed by atoms with Gasteiger partial charge in [0.2, 0.25) is 5.89 Å². The molecule has 0 spiro atoms. The summed E-state index contributed by atoms with van der Waals surface area (Å²) in [5.74, 6) is 0.275. The Kier molecular flexibility index (Phi) is 2.82. The maximum absolute atomic E-state index is 11.0. The van der Waals surface area contributed by atoms with E-state index in [1.807, 2.05) is 0 Å². The topological polar surface area (TPSA) is 67.2 Å². The van der Waals surface area contributed by atoms with Crippen molar-refractivity contribution >= 4 is 5.91 Å². The molecule has 0 aliphatic rings. The Morgan fingerprint density at radius 2 is 2.42 bits per heavy atom. The van der Waals surface area contributed by atoms with Gasteiger partial charge < -0.3 is 15.1 Å². The molecule has 0 atom stereocenters. The van der Waals surface area contributed by atoms with Crippen LogP contribution in [0.25, 0.3) is 0 Å². The Hall–Kier alpha value is -1.36. The fourth-order valence-electron chi connectivity index (χ4n) is 0.776. The van der Waals surface area contributed by atoms with Gasteiger partial charge in [-0.25, -0.2) is 4.98 Å². The van der Waals surface area contributed by atoms with E-state index < -0.39 is 0 Å². The first kappa shape index (κ1) is 8.73. The van der Waals surface area contributed by atoms with Crippen molar-refractivity contribution in [3.63, 3.8) is 0 Å². The molecule has 5 nitrogen and oxygen atoms in total. The van der Waals surface area contributed by atoms with Crippen LogP contribution < -0.4 is 10.6 Å². The molecule has 2 N–H and O–H groups in total. The second-order valence-electron chi connectivity index (χ2n) is 2.24. The van der Waals surface area contributed by atoms with Gasteiger partial charge in [-0.3, -0.25) is 4.79 Å². The Bertz CT molecular complexity index is 269. The number of amides is 1. The van der Waals surface area contributed by atoms with Crippen LogP contribution in [0.5, 0.6) is 0 Å². The molecule has 0 aromatic carbocycles. The number of hydrogen-bond donors (Lipinski definition) is 2. The largest absolute Gasteiger partial charge is 0.447 e. The van der Waals surface area contributed by atoms with Crippen LogP contribution in [0.1, 0.15) is 16.4 Å². The van der Waals surface area contributed by atoms with Crippen molar-refractivity contribution in [3.05, 3.63) is 17.8 Å². The maximum Gasteiger partial charge on any atom is 0.272 e. The average Bonchev–Trinajstić information content (AvgIpc) is 2.52. The molecule has 1 heterocycles. The van der Waals surface area contributed by atoms with E-state index in [2.05, 4.69) is 15.6 Å². The summed E-state index contributed by atoms with van der Waals surface area (Å²) in [6, 6.07) is 0. The summed E-state index contributed by atoms with van der Waals surface area (Å²) in [7, 11) is 3.33. The van der Waals surface area contributed by atoms with Gasteiger partial charge in [-0.1, -0.05) is 0 Å². The molecule has 12 heavy (non-hydrogen) atoms. The molecule has 5 heteroatoms. The summed E-state index contributed by atoms with van der Waals surface area (Å²) >= 11 is 0. The molecule has 1 aromatic rings. The minimum atomic E-state index is -0.235. The van der Waals surface area contributed by atoms with Gasteiger partial charge >= 0.3 is 0 Å². The second kappa shape index (κ2) is 3.87. The van der Waals surface area contributed by atoms with Crippen LogP contribution in [0.4, 0.5) is 0 Å². The molecule has 1 amide bonds. The third-order valence-corrected chi connectivity index (χ3v) is 1.34. The number of rotatable bonds is 3. The van der Waals surface area contributed by atoms with Crippen LogP contribution in [-0.2, 0) is 6.54 Å². The Balaban J connectivity index is 2.70. The molecule has 0 bridgehead atoms. The van der Waals surface area contributed by atoms with Crippen LogP contribution in [0.15, 0.2) is 10.7 Å². The van der Waals surface area contributed by atoms with Crippen molar-refractivity contribution in [3.8, 4) is 0 Å². The lowest BCUT2D eigenvalue weighted by Gasteiger charge is -1.90. The summed E-state index contributed by atoms with van der Waals surface area (Å²) in [6.07, 6.45) is 1.34. The van der Waals surface area contributed by atoms with Crippen LogP contribution in [0.2, 0.25) is 0 Å². The molecular formula is C7H11N3O2. The van der Waals surface area contributed by atoms with E-state index in [4.69, 9.17) is 4.42 Å². The summed E-state index contributed by atoms with van der Waals surface area (Å²) in [4.78, 5) is 14.9. The number of nitrogens with one attached hydrogen (secondary N) is 2. The smallest absolute Gasteiger partial charge is 0.272 e. The Labute approximate surface area is 70.2 Å². The monoisotopic (exact) mass is 169 g/mol. The van der Waals surface area contributed by atoms with Gasteiger partial charge in [-0.2, -0.15) is 0 Å². The Morgan fingerprint density at radius 3 is 3.00 bits per heavy atom. The Morgan fingerprint density at radius 1 is 1.67 bits per heavy atom. The lowest BCUT2D eigenvalue weighted by atomic mass is 10.4. The highest BCUT2D eigenvalue weighted by Gasteiger charge is 2.08. The predicted octanol–water partition coefficient (Wildman–Crippen LogP) is -0.246. The van der Waals surface area contributed by atoms with E-state index in [-0.39, 0.29) is 5.91 Å². The fourth-order valence-corrected chi connectivity index (χ4v) is 0.776. The molecule has 0 saturated heterocycles. The van der Waals surface area contributed by atoms with Gasteiger partial charge in [-0.15, -0.1) is 0 Å². The fraction of sp³-hybridized carbons (Fsp3) is 0.429. The van der Waals surface area contributed by atoms with Crippen LogP contribution in [0, 0.1) is 0 Å². The van der Waals surface area contributed by atoms with Crippen LogP contribution in [-0.4, -0.2) is 25.0 Å². The summed E-state index contributed by atoms with van der Waals surface area (Å²) < 4.78 is 4.99. The summed E-state index contributed by atoms with van der Waals surface area (Å²) in [5, 5.41) is 5.32. The predicted molar refractivity (Wildman–Crippen MR) is 42.7 cm³/mol. The molecule has 1 aromatic heterocycles. The molecular weight excluding hydrogens is 158 g/mol. The zero-order chi connectivity index (χ0) is 8.97. The summed E-state index contributed by atoms with van der Waals surface area (Å²) in [6.45, 7) is 0.525. The molecule has 0 unspecified atom stereocenters. The quantitative estimate of drug-likeness (QED) is 0.655. The molecule has 0 fully saturated rings. The lowest BCUT2D eigenvalue weighted by molar-refractivity contribution is 0.0958. The minimum absolute atomic E-state index is 0.235. The van der Waals surface area contributed by atoms with Crippen LogP contribution >= 0.6 is 0 Å². The lowest BCUT2D eigenvalue weighted by Crippen LogP contribution is -2.18. The van der Waals surface area contributed by atoms with Crippen molar-refractivity contribution in [2.75, 3.05) is 14.1 Å². The number of carbonyl (C=O) groups is 1. The number of oxazole rings is 1. The number of carbonyl (C=O) groups excluding carboxylic acids is 1. The van der Waals surface area contributed by atoms with Crippen molar-refractivity contribution in [1.29, 1.82) is 0 Å². The van der Waals surface area contributed by atoms with Gasteiger partial charge in [0, 0.05) is 7.05 Å². The van der Waals surface area contributed by atoms with Gasteiger partial charge in [0.1, 0.15) is 6.26 Å². The van der Waals surface area contributed by atoms with Crippen molar-refractivity contribution < 1.29 is 9.21 Å². The van der Waals surface area contributed by atoms with E-state index >= 15 is 0 Å². The third kappa shape index (κ3) is 1.82. The first-order valence-electron chi connectivity index (χ1n) is 3.59. The zero-order valence-electron chi connectivity index (χ0n) is 7.05.